The van der Waals surface area contributed by atoms with Crippen LogP contribution in [0, 0.1) is 26.9 Å². The standard InChI is InChI=1S/C25H28N2O4S/c1-24(2)16-11-12-25(24,3)21(14-16)26-23(29)18-8-6-5-7-17(18)22(28)15-9-10-20(32-4)19(13-15)27(30)31/h5-10,13,16,21H,11-12,14H2,1-4H3,(H,26,29)/t16-,21+,25+/m0/s1. The molecule has 0 aliphatic heterocycles. The fraction of sp³-hybridized carbons (Fsp3) is 0.440. The highest BCUT2D eigenvalue weighted by atomic mass is 32.2. The zero-order valence-corrected chi connectivity index (χ0v) is 19.6. The zero-order valence-electron chi connectivity index (χ0n) is 18.8. The van der Waals surface area contributed by atoms with Crippen molar-refractivity contribution in [3.05, 3.63) is 69.3 Å². The number of nitro benzene ring substituents is 1. The first-order valence-electron chi connectivity index (χ1n) is 10.9. The Kier molecular flexibility index (Phi) is 5.65. The molecule has 2 saturated carbocycles. The first-order valence-corrected chi connectivity index (χ1v) is 12.1. The molecule has 0 aromatic heterocycles. The van der Waals surface area contributed by atoms with Crippen LogP contribution in [0.15, 0.2) is 47.4 Å². The van der Waals surface area contributed by atoms with Crippen molar-refractivity contribution in [2.24, 2.45) is 16.7 Å². The Labute approximate surface area is 192 Å². The summed E-state index contributed by atoms with van der Waals surface area (Å²) in [5.74, 6) is -0.0741. The molecule has 0 saturated heterocycles. The normalized spacial score (nSPS) is 25.5. The fourth-order valence-corrected chi connectivity index (χ4v) is 6.21. The van der Waals surface area contributed by atoms with Crippen molar-refractivity contribution in [3.63, 3.8) is 0 Å². The number of thioether (sulfide) groups is 1. The molecule has 4 rings (SSSR count). The summed E-state index contributed by atoms with van der Waals surface area (Å²) in [5.41, 5.74) is 0.839. The minimum absolute atomic E-state index is 0.0283. The highest BCUT2D eigenvalue weighted by molar-refractivity contribution is 7.98. The van der Waals surface area contributed by atoms with Gasteiger partial charge in [0.15, 0.2) is 5.78 Å². The lowest BCUT2D eigenvalue weighted by atomic mass is 9.69. The van der Waals surface area contributed by atoms with E-state index in [2.05, 4.69) is 26.1 Å². The van der Waals surface area contributed by atoms with Crippen molar-refractivity contribution in [3.8, 4) is 0 Å². The molecule has 0 radical (unpaired) electrons. The van der Waals surface area contributed by atoms with Gasteiger partial charge in [-0.05, 0) is 60.5 Å². The highest BCUT2D eigenvalue weighted by Crippen LogP contribution is 2.65. The summed E-state index contributed by atoms with van der Waals surface area (Å²) in [5, 5.41) is 14.6. The van der Waals surface area contributed by atoms with E-state index in [1.807, 2.05) is 0 Å². The summed E-state index contributed by atoms with van der Waals surface area (Å²) in [6, 6.07) is 11.2. The van der Waals surface area contributed by atoms with Crippen molar-refractivity contribution >= 4 is 29.1 Å². The SMILES string of the molecule is CSc1ccc(C(=O)c2ccccc2C(=O)N[C@@H]2C[C@@H]3CC[C@@]2(C)C3(C)C)cc1[N+](=O)[O-]. The number of fused-ring (bicyclic) bond motifs is 2. The van der Waals surface area contributed by atoms with Gasteiger partial charge in [0.25, 0.3) is 11.6 Å². The molecule has 1 N–H and O–H groups in total. The number of nitro groups is 1. The monoisotopic (exact) mass is 452 g/mol. The van der Waals surface area contributed by atoms with Crippen LogP contribution >= 0.6 is 11.8 Å². The molecule has 0 unspecified atom stereocenters. The van der Waals surface area contributed by atoms with E-state index < -0.39 is 10.7 Å². The second-order valence-electron chi connectivity index (χ2n) is 9.65. The second kappa shape index (κ2) is 8.03. The second-order valence-corrected chi connectivity index (χ2v) is 10.5. The van der Waals surface area contributed by atoms with E-state index in [-0.39, 0.29) is 39.6 Å². The van der Waals surface area contributed by atoms with E-state index in [0.717, 1.165) is 12.8 Å². The number of benzene rings is 2. The minimum Gasteiger partial charge on any atom is -0.349 e. The van der Waals surface area contributed by atoms with Crippen molar-refractivity contribution in [2.45, 2.75) is 51.0 Å². The Morgan fingerprint density at radius 2 is 1.81 bits per heavy atom. The molecule has 168 valence electrons. The van der Waals surface area contributed by atoms with E-state index in [9.17, 15) is 19.7 Å². The zero-order chi connectivity index (χ0) is 23.3. The number of nitrogens with one attached hydrogen (secondary N) is 1. The third kappa shape index (κ3) is 3.43. The average Bonchev–Trinajstić information content (AvgIpc) is 3.11. The number of hydrogen-bond donors (Lipinski definition) is 1. The number of nitrogens with zero attached hydrogens (tertiary/aromatic N) is 1. The molecule has 2 bridgehead atoms. The lowest BCUT2D eigenvalue weighted by Gasteiger charge is -2.39. The Morgan fingerprint density at radius 1 is 1.12 bits per heavy atom. The van der Waals surface area contributed by atoms with Crippen molar-refractivity contribution in [1.82, 2.24) is 5.32 Å². The Morgan fingerprint density at radius 3 is 2.38 bits per heavy atom. The Bertz CT molecular complexity index is 1110. The topological polar surface area (TPSA) is 89.3 Å². The number of ketones is 1. The van der Waals surface area contributed by atoms with Gasteiger partial charge in [0.2, 0.25) is 0 Å². The molecular formula is C25H28N2O4S. The average molecular weight is 453 g/mol. The molecule has 1 amide bonds. The molecule has 6 nitrogen and oxygen atoms in total. The van der Waals surface area contributed by atoms with Gasteiger partial charge in [0.1, 0.15) is 0 Å². The van der Waals surface area contributed by atoms with Crippen LogP contribution in [0.25, 0.3) is 0 Å². The summed E-state index contributed by atoms with van der Waals surface area (Å²) in [6.45, 7) is 6.84. The molecule has 2 aliphatic rings. The summed E-state index contributed by atoms with van der Waals surface area (Å²) in [7, 11) is 0. The number of carbonyl (C=O) groups is 2. The maximum absolute atomic E-state index is 13.3. The number of rotatable bonds is 6. The van der Waals surface area contributed by atoms with Crippen LogP contribution in [0.3, 0.4) is 0 Å². The van der Waals surface area contributed by atoms with Crippen LogP contribution in [-0.2, 0) is 0 Å². The number of amides is 1. The largest absolute Gasteiger partial charge is 0.349 e. The molecule has 0 spiro atoms. The predicted molar refractivity (Wildman–Crippen MR) is 125 cm³/mol. The fourth-order valence-electron chi connectivity index (χ4n) is 5.67. The Balaban J connectivity index is 1.63. The molecule has 2 fully saturated rings. The minimum atomic E-state index is -0.487. The van der Waals surface area contributed by atoms with Crippen molar-refractivity contribution in [2.75, 3.05) is 6.26 Å². The molecule has 3 atom stereocenters. The number of hydrogen-bond acceptors (Lipinski definition) is 5. The van der Waals surface area contributed by atoms with Gasteiger partial charge in [-0.1, -0.05) is 39.0 Å². The van der Waals surface area contributed by atoms with E-state index in [1.165, 1.54) is 24.2 Å². The van der Waals surface area contributed by atoms with Crippen LogP contribution < -0.4 is 5.32 Å². The van der Waals surface area contributed by atoms with Gasteiger partial charge in [0, 0.05) is 23.2 Å². The van der Waals surface area contributed by atoms with Gasteiger partial charge >= 0.3 is 0 Å². The predicted octanol–water partition coefficient (Wildman–Crippen LogP) is 5.49. The van der Waals surface area contributed by atoms with Crippen molar-refractivity contribution in [1.29, 1.82) is 0 Å². The van der Waals surface area contributed by atoms with Crippen LogP contribution in [0.4, 0.5) is 5.69 Å². The molecular weight excluding hydrogens is 424 g/mol. The third-order valence-electron chi connectivity index (χ3n) is 8.15. The maximum atomic E-state index is 13.3. The van der Waals surface area contributed by atoms with Gasteiger partial charge in [-0.2, -0.15) is 0 Å². The van der Waals surface area contributed by atoms with Gasteiger partial charge in [0.05, 0.1) is 15.4 Å². The third-order valence-corrected chi connectivity index (χ3v) is 8.94. The molecule has 0 heterocycles. The van der Waals surface area contributed by atoms with Crippen LogP contribution in [0.5, 0.6) is 0 Å². The molecule has 32 heavy (non-hydrogen) atoms. The first-order chi connectivity index (χ1) is 15.1. The van der Waals surface area contributed by atoms with Crippen LogP contribution in [-0.4, -0.2) is 28.9 Å². The summed E-state index contributed by atoms with van der Waals surface area (Å²) in [6.07, 6.45) is 4.98. The summed E-state index contributed by atoms with van der Waals surface area (Å²) >= 11 is 1.25. The van der Waals surface area contributed by atoms with Gasteiger partial charge in [-0.15, -0.1) is 11.8 Å². The van der Waals surface area contributed by atoms with Gasteiger partial charge in [-0.25, -0.2) is 0 Å². The first kappa shape index (κ1) is 22.5. The summed E-state index contributed by atoms with van der Waals surface area (Å²) < 4.78 is 0. The highest BCUT2D eigenvalue weighted by Gasteiger charge is 2.61. The molecule has 2 aromatic carbocycles. The van der Waals surface area contributed by atoms with E-state index in [1.54, 1.807) is 42.7 Å². The molecule has 7 heteroatoms. The van der Waals surface area contributed by atoms with Gasteiger partial charge in [-0.3, -0.25) is 19.7 Å². The maximum Gasteiger partial charge on any atom is 0.283 e. The van der Waals surface area contributed by atoms with Crippen LogP contribution in [0.1, 0.15) is 66.3 Å². The molecule has 2 aromatic rings. The lowest BCUT2D eigenvalue weighted by Crippen LogP contribution is -2.47. The quantitative estimate of drug-likeness (QED) is 0.271. The molecule has 2 aliphatic carbocycles. The van der Waals surface area contributed by atoms with Crippen LogP contribution in [0.2, 0.25) is 0 Å². The van der Waals surface area contributed by atoms with E-state index in [4.69, 9.17) is 0 Å². The number of carbonyl (C=O) groups excluding carboxylic acids is 2. The van der Waals surface area contributed by atoms with E-state index >= 15 is 0 Å². The van der Waals surface area contributed by atoms with Gasteiger partial charge < -0.3 is 5.32 Å². The van der Waals surface area contributed by atoms with E-state index in [0.29, 0.717) is 16.4 Å². The smallest absolute Gasteiger partial charge is 0.283 e. The Hall–Kier alpha value is -2.67. The van der Waals surface area contributed by atoms with Crippen molar-refractivity contribution < 1.29 is 14.5 Å². The summed E-state index contributed by atoms with van der Waals surface area (Å²) in [4.78, 5) is 38.0. The lowest BCUT2D eigenvalue weighted by molar-refractivity contribution is -0.387.